The molecule has 1 N–H and O–H groups in total. The van der Waals surface area contributed by atoms with Gasteiger partial charge in [-0.1, -0.05) is 18.2 Å². The van der Waals surface area contributed by atoms with Gasteiger partial charge in [-0.2, -0.15) is 0 Å². The van der Waals surface area contributed by atoms with Crippen LogP contribution in [0, 0.1) is 13.8 Å². The Kier molecular flexibility index (Phi) is 4.42. The SMILES string of the molecule is Cc1ccc2c(CC(=O)NCCc3cccnc3)coc2c1C. The van der Waals surface area contributed by atoms with E-state index in [9.17, 15) is 4.79 Å². The number of aromatic nitrogens is 1. The van der Waals surface area contributed by atoms with Crippen molar-refractivity contribution in [1.29, 1.82) is 0 Å². The number of hydrogen-bond donors (Lipinski definition) is 1. The van der Waals surface area contributed by atoms with E-state index in [0.717, 1.165) is 34.1 Å². The summed E-state index contributed by atoms with van der Waals surface area (Å²) in [5.41, 5.74) is 5.25. The molecular weight excluding hydrogens is 288 g/mol. The molecule has 23 heavy (non-hydrogen) atoms. The smallest absolute Gasteiger partial charge is 0.224 e. The summed E-state index contributed by atoms with van der Waals surface area (Å²) in [5.74, 6) is 0.00909. The van der Waals surface area contributed by atoms with Crippen LogP contribution in [0.3, 0.4) is 0 Å². The summed E-state index contributed by atoms with van der Waals surface area (Å²) in [6.07, 6.45) is 6.38. The zero-order chi connectivity index (χ0) is 16.2. The van der Waals surface area contributed by atoms with E-state index in [1.165, 1.54) is 5.56 Å². The van der Waals surface area contributed by atoms with Gasteiger partial charge in [0.25, 0.3) is 0 Å². The first-order valence-electron chi connectivity index (χ1n) is 7.77. The summed E-state index contributed by atoms with van der Waals surface area (Å²) in [4.78, 5) is 16.2. The van der Waals surface area contributed by atoms with Gasteiger partial charge in [0.15, 0.2) is 0 Å². The van der Waals surface area contributed by atoms with Crippen molar-refractivity contribution in [2.24, 2.45) is 0 Å². The number of carbonyl (C=O) groups excluding carboxylic acids is 1. The second kappa shape index (κ2) is 6.65. The van der Waals surface area contributed by atoms with Gasteiger partial charge >= 0.3 is 0 Å². The van der Waals surface area contributed by atoms with Crippen LogP contribution in [-0.4, -0.2) is 17.4 Å². The average Bonchev–Trinajstić information content (AvgIpc) is 2.95. The molecule has 2 heterocycles. The third-order valence-corrected chi connectivity index (χ3v) is 4.15. The fourth-order valence-electron chi connectivity index (χ4n) is 2.65. The maximum atomic E-state index is 12.1. The molecule has 3 rings (SSSR count). The average molecular weight is 308 g/mol. The predicted octanol–water partition coefficient (Wildman–Crippen LogP) is 3.35. The number of carbonyl (C=O) groups is 1. The normalized spacial score (nSPS) is 10.9. The fraction of sp³-hybridized carbons (Fsp3) is 0.263. The Morgan fingerprint density at radius 2 is 2.13 bits per heavy atom. The van der Waals surface area contributed by atoms with Crippen molar-refractivity contribution in [1.82, 2.24) is 10.3 Å². The van der Waals surface area contributed by atoms with Crippen molar-refractivity contribution in [3.05, 3.63) is 65.2 Å². The minimum atomic E-state index is 0.00909. The van der Waals surface area contributed by atoms with Gasteiger partial charge in [0.2, 0.25) is 5.91 Å². The third kappa shape index (κ3) is 3.42. The van der Waals surface area contributed by atoms with Crippen LogP contribution in [0.25, 0.3) is 11.0 Å². The van der Waals surface area contributed by atoms with Gasteiger partial charge in [0.05, 0.1) is 12.7 Å². The van der Waals surface area contributed by atoms with Crippen molar-refractivity contribution in [3.63, 3.8) is 0 Å². The van der Waals surface area contributed by atoms with E-state index in [2.05, 4.69) is 23.3 Å². The minimum absolute atomic E-state index is 0.00909. The van der Waals surface area contributed by atoms with E-state index in [1.807, 2.05) is 31.3 Å². The first kappa shape index (κ1) is 15.3. The van der Waals surface area contributed by atoms with Gasteiger partial charge in [-0.25, -0.2) is 0 Å². The molecule has 0 aliphatic heterocycles. The van der Waals surface area contributed by atoms with Gasteiger partial charge in [-0.15, -0.1) is 0 Å². The molecule has 0 radical (unpaired) electrons. The Balaban J connectivity index is 1.61. The quantitative estimate of drug-likeness (QED) is 0.786. The largest absolute Gasteiger partial charge is 0.464 e. The topological polar surface area (TPSA) is 55.1 Å². The van der Waals surface area contributed by atoms with Crippen LogP contribution < -0.4 is 5.32 Å². The Morgan fingerprint density at radius 3 is 2.91 bits per heavy atom. The fourth-order valence-corrected chi connectivity index (χ4v) is 2.65. The zero-order valence-corrected chi connectivity index (χ0v) is 13.4. The van der Waals surface area contributed by atoms with Gasteiger partial charge in [-0.3, -0.25) is 9.78 Å². The zero-order valence-electron chi connectivity index (χ0n) is 13.4. The van der Waals surface area contributed by atoms with Crippen molar-refractivity contribution in [2.45, 2.75) is 26.7 Å². The van der Waals surface area contributed by atoms with Crippen molar-refractivity contribution in [2.75, 3.05) is 6.54 Å². The second-order valence-electron chi connectivity index (χ2n) is 5.78. The van der Waals surface area contributed by atoms with Crippen molar-refractivity contribution >= 4 is 16.9 Å². The van der Waals surface area contributed by atoms with Gasteiger partial charge in [-0.05, 0) is 43.0 Å². The van der Waals surface area contributed by atoms with Crippen LogP contribution in [0.15, 0.2) is 47.3 Å². The lowest BCUT2D eigenvalue weighted by molar-refractivity contribution is -0.120. The standard InChI is InChI=1S/C19H20N2O2/c1-13-5-6-17-16(12-23-19(17)14(13)2)10-18(22)21-9-7-15-4-3-8-20-11-15/h3-6,8,11-12H,7,9-10H2,1-2H3,(H,21,22). The molecule has 1 amide bonds. The molecule has 4 nitrogen and oxygen atoms in total. The molecule has 0 bridgehead atoms. The number of nitrogens with one attached hydrogen (secondary N) is 1. The van der Waals surface area contributed by atoms with E-state index in [0.29, 0.717) is 13.0 Å². The lowest BCUT2D eigenvalue weighted by atomic mass is 10.0. The summed E-state index contributed by atoms with van der Waals surface area (Å²) in [6, 6.07) is 8.00. The number of fused-ring (bicyclic) bond motifs is 1. The van der Waals surface area contributed by atoms with E-state index >= 15 is 0 Å². The van der Waals surface area contributed by atoms with Gasteiger partial charge in [0.1, 0.15) is 5.58 Å². The van der Waals surface area contributed by atoms with Crippen molar-refractivity contribution in [3.8, 4) is 0 Å². The van der Waals surface area contributed by atoms with Crippen LogP contribution >= 0.6 is 0 Å². The number of benzene rings is 1. The molecule has 0 unspecified atom stereocenters. The van der Waals surface area contributed by atoms with Crippen LogP contribution in [0.1, 0.15) is 22.3 Å². The van der Waals surface area contributed by atoms with Gasteiger partial charge < -0.3 is 9.73 Å². The highest BCUT2D eigenvalue weighted by Gasteiger charge is 2.12. The summed E-state index contributed by atoms with van der Waals surface area (Å²) in [7, 11) is 0. The molecule has 118 valence electrons. The van der Waals surface area contributed by atoms with E-state index in [1.54, 1.807) is 12.5 Å². The highest BCUT2D eigenvalue weighted by atomic mass is 16.3. The molecule has 0 atom stereocenters. The van der Waals surface area contributed by atoms with Crippen LogP contribution in [-0.2, 0) is 17.6 Å². The molecule has 0 fully saturated rings. The summed E-state index contributed by atoms with van der Waals surface area (Å²) in [5, 5.41) is 3.98. The highest BCUT2D eigenvalue weighted by molar-refractivity contribution is 5.89. The number of amides is 1. The van der Waals surface area contributed by atoms with E-state index in [-0.39, 0.29) is 5.91 Å². The van der Waals surface area contributed by atoms with Crippen LogP contribution in [0.4, 0.5) is 0 Å². The Labute approximate surface area is 135 Å². The maximum absolute atomic E-state index is 12.1. The second-order valence-corrected chi connectivity index (χ2v) is 5.78. The number of furan rings is 1. The van der Waals surface area contributed by atoms with Crippen LogP contribution in [0.2, 0.25) is 0 Å². The monoisotopic (exact) mass is 308 g/mol. The van der Waals surface area contributed by atoms with E-state index < -0.39 is 0 Å². The molecule has 2 aromatic heterocycles. The molecule has 0 aliphatic rings. The number of nitrogens with zero attached hydrogens (tertiary/aromatic N) is 1. The lowest BCUT2D eigenvalue weighted by Gasteiger charge is -2.05. The Hall–Kier alpha value is -2.62. The predicted molar refractivity (Wildman–Crippen MR) is 90.3 cm³/mol. The van der Waals surface area contributed by atoms with Crippen LogP contribution in [0.5, 0.6) is 0 Å². The molecule has 0 saturated carbocycles. The molecular formula is C19H20N2O2. The Bertz CT molecular complexity index is 822. The lowest BCUT2D eigenvalue weighted by Crippen LogP contribution is -2.27. The first-order chi connectivity index (χ1) is 11.1. The summed E-state index contributed by atoms with van der Waals surface area (Å²) >= 11 is 0. The molecule has 0 saturated heterocycles. The maximum Gasteiger partial charge on any atom is 0.224 e. The molecule has 0 spiro atoms. The number of aryl methyl sites for hydroxylation is 2. The Morgan fingerprint density at radius 1 is 1.26 bits per heavy atom. The number of hydrogen-bond acceptors (Lipinski definition) is 3. The third-order valence-electron chi connectivity index (χ3n) is 4.15. The van der Waals surface area contributed by atoms with Gasteiger partial charge in [0, 0.05) is 29.9 Å². The number of pyridine rings is 1. The minimum Gasteiger partial charge on any atom is -0.464 e. The molecule has 1 aromatic carbocycles. The number of rotatable bonds is 5. The summed E-state index contributed by atoms with van der Waals surface area (Å²) in [6.45, 7) is 4.71. The van der Waals surface area contributed by atoms with E-state index in [4.69, 9.17) is 4.42 Å². The highest BCUT2D eigenvalue weighted by Crippen LogP contribution is 2.26. The molecule has 4 heteroatoms. The van der Waals surface area contributed by atoms with Crippen molar-refractivity contribution < 1.29 is 9.21 Å². The summed E-state index contributed by atoms with van der Waals surface area (Å²) < 4.78 is 5.65. The molecule has 3 aromatic rings. The molecule has 0 aliphatic carbocycles. The first-order valence-corrected chi connectivity index (χ1v) is 7.77.